The molecule has 5 rings (SSSR count). The standard InChI is InChI=1S/C24H26N4O4S/c29-22-24(12-10-20-8-4-5-9-21(20)24)25-23(30)28(22)18-26-13-15-27(16-14-26)33(31,32)17-11-19-6-2-1-3-7-19/h1-9,11,17H,10,12-16,18H2,(H,25,30). The van der Waals surface area contributed by atoms with Crippen LogP contribution in [-0.4, -0.2) is 67.3 Å². The lowest BCUT2D eigenvalue weighted by molar-refractivity contribution is -0.133. The van der Waals surface area contributed by atoms with E-state index in [-0.39, 0.29) is 12.6 Å². The minimum atomic E-state index is -3.54. The highest BCUT2D eigenvalue weighted by Crippen LogP contribution is 2.41. The molecule has 172 valence electrons. The average molecular weight is 467 g/mol. The third-order valence-electron chi connectivity index (χ3n) is 6.69. The molecule has 2 saturated heterocycles. The van der Waals surface area contributed by atoms with Gasteiger partial charge in [-0.2, -0.15) is 4.31 Å². The number of nitrogens with one attached hydrogen (secondary N) is 1. The van der Waals surface area contributed by atoms with Crippen LogP contribution in [0.5, 0.6) is 0 Å². The lowest BCUT2D eigenvalue weighted by Gasteiger charge is -2.34. The monoisotopic (exact) mass is 466 g/mol. The van der Waals surface area contributed by atoms with E-state index in [9.17, 15) is 18.0 Å². The first-order chi connectivity index (χ1) is 15.9. The molecule has 2 aliphatic heterocycles. The lowest BCUT2D eigenvalue weighted by atomic mass is 9.92. The van der Waals surface area contributed by atoms with Gasteiger partial charge in [-0.25, -0.2) is 18.1 Å². The Morgan fingerprint density at radius 2 is 1.64 bits per heavy atom. The predicted octanol–water partition coefficient (Wildman–Crippen LogP) is 1.96. The van der Waals surface area contributed by atoms with Crippen LogP contribution in [0.2, 0.25) is 0 Å². The Morgan fingerprint density at radius 3 is 2.39 bits per heavy atom. The Bertz CT molecular complexity index is 1210. The van der Waals surface area contributed by atoms with Crippen molar-refractivity contribution in [3.05, 3.63) is 76.7 Å². The van der Waals surface area contributed by atoms with Crippen molar-refractivity contribution < 1.29 is 18.0 Å². The second kappa shape index (κ2) is 8.40. The summed E-state index contributed by atoms with van der Waals surface area (Å²) in [6.07, 6.45) is 2.91. The van der Waals surface area contributed by atoms with Gasteiger partial charge in [-0.1, -0.05) is 54.6 Å². The Balaban J connectivity index is 1.22. The van der Waals surface area contributed by atoms with Crippen LogP contribution in [0.25, 0.3) is 6.08 Å². The molecule has 2 heterocycles. The zero-order chi connectivity index (χ0) is 23.1. The first-order valence-corrected chi connectivity index (χ1v) is 12.6. The Morgan fingerprint density at radius 1 is 0.939 bits per heavy atom. The van der Waals surface area contributed by atoms with Gasteiger partial charge < -0.3 is 5.32 Å². The second-order valence-electron chi connectivity index (χ2n) is 8.64. The summed E-state index contributed by atoms with van der Waals surface area (Å²) in [5.74, 6) is -0.224. The van der Waals surface area contributed by atoms with Crippen LogP contribution in [0, 0.1) is 0 Å². The summed E-state index contributed by atoms with van der Waals surface area (Å²) in [6.45, 7) is 1.65. The van der Waals surface area contributed by atoms with Gasteiger partial charge in [-0.15, -0.1) is 0 Å². The fraction of sp³-hybridized carbons (Fsp3) is 0.333. The molecule has 3 amide bonds. The van der Waals surface area contributed by atoms with Gasteiger partial charge in [0.15, 0.2) is 0 Å². The van der Waals surface area contributed by atoms with Gasteiger partial charge in [-0.3, -0.25) is 9.69 Å². The summed E-state index contributed by atoms with van der Waals surface area (Å²) in [7, 11) is -3.54. The molecular weight excluding hydrogens is 440 g/mol. The predicted molar refractivity (Wildman–Crippen MR) is 124 cm³/mol. The van der Waals surface area contributed by atoms with Gasteiger partial charge in [0, 0.05) is 31.6 Å². The SMILES string of the molecule is O=C1NC2(CCc3ccccc32)C(=O)N1CN1CCN(S(=O)(=O)C=Cc2ccccc2)CC1. The minimum Gasteiger partial charge on any atom is -0.319 e. The van der Waals surface area contributed by atoms with Crippen LogP contribution >= 0.6 is 0 Å². The van der Waals surface area contributed by atoms with E-state index >= 15 is 0 Å². The van der Waals surface area contributed by atoms with Crippen molar-refractivity contribution >= 4 is 28.0 Å². The van der Waals surface area contributed by atoms with Crippen molar-refractivity contribution in [1.82, 2.24) is 19.4 Å². The number of rotatable bonds is 5. The normalized spacial score (nSPS) is 24.1. The quantitative estimate of drug-likeness (QED) is 0.681. The van der Waals surface area contributed by atoms with Crippen molar-refractivity contribution in [3.8, 4) is 0 Å². The molecule has 1 spiro atoms. The number of amides is 3. The number of sulfonamides is 1. The average Bonchev–Trinajstić information content (AvgIpc) is 3.32. The molecule has 1 N–H and O–H groups in total. The van der Waals surface area contributed by atoms with E-state index in [0.717, 1.165) is 23.1 Å². The van der Waals surface area contributed by atoms with E-state index in [2.05, 4.69) is 5.32 Å². The Hall–Kier alpha value is -3.01. The molecule has 0 aromatic heterocycles. The fourth-order valence-electron chi connectivity index (χ4n) is 4.86. The molecule has 0 bridgehead atoms. The van der Waals surface area contributed by atoms with Gasteiger partial charge >= 0.3 is 6.03 Å². The summed E-state index contributed by atoms with van der Waals surface area (Å²) in [4.78, 5) is 29.3. The smallest absolute Gasteiger partial charge is 0.319 e. The van der Waals surface area contributed by atoms with Gasteiger partial charge in [0.1, 0.15) is 5.54 Å². The van der Waals surface area contributed by atoms with Crippen molar-refractivity contribution in [1.29, 1.82) is 0 Å². The first kappa shape index (κ1) is 21.8. The second-order valence-corrected chi connectivity index (χ2v) is 10.5. The molecule has 3 aliphatic rings. The zero-order valence-electron chi connectivity index (χ0n) is 18.2. The van der Waals surface area contributed by atoms with E-state index in [1.165, 1.54) is 14.6 Å². The van der Waals surface area contributed by atoms with Crippen LogP contribution < -0.4 is 5.32 Å². The largest absolute Gasteiger partial charge is 0.326 e. The van der Waals surface area contributed by atoms with Crippen LogP contribution in [0.3, 0.4) is 0 Å². The van der Waals surface area contributed by atoms with E-state index in [4.69, 9.17) is 0 Å². The molecule has 2 aromatic rings. The number of carbonyl (C=O) groups excluding carboxylic acids is 2. The number of imide groups is 1. The number of carbonyl (C=O) groups is 2. The first-order valence-electron chi connectivity index (χ1n) is 11.1. The molecule has 1 atom stereocenters. The maximum absolute atomic E-state index is 13.3. The highest BCUT2D eigenvalue weighted by molar-refractivity contribution is 7.92. The van der Waals surface area contributed by atoms with Crippen molar-refractivity contribution in [3.63, 3.8) is 0 Å². The molecule has 2 fully saturated rings. The van der Waals surface area contributed by atoms with Gasteiger partial charge in [0.25, 0.3) is 5.91 Å². The molecule has 1 unspecified atom stereocenters. The Kier molecular flexibility index (Phi) is 5.55. The summed E-state index contributed by atoms with van der Waals surface area (Å²) in [5, 5.41) is 4.17. The van der Waals surface area contributed by atoms with Crippen molar-refractivity contribution in [2.75, 3.05) is 32.8 Å². The highest BCUT2D eigenvalue weighted by Gasteiger charge is 2.55. The number of fused-ring (bicyclic) bond motifs is 2. The Labute approximate surface area is 193 Å². The van der Waals surface area contributed by atoms with Gasteiger partial charge in [0.2, 0.25) is 10.0 Å². The summed E-state index contributed by atoms with van der Waals surface area (Å²) < 4.78 is 26.8. The number of aryl methyl sites for hydroxylation is 1. The minimum absolute atomic E-state index is 0.155. The van der Waals surface area contributed by atoms with Crippen LogP contribution in [0.1, 0.15) is 23.1 Å². The van der Waals surface area contributed by atoms with E-state index < -0.39 is 21.6 Å². The van der Waals surface area contributed by atoms with Crippen molar-refractivity contribution in [2.45, 2.75) is 18.4 Å². The van der Waals surface area contributed by atoms with E-state index in [1.54, 1.807) is 6.08 Å². The molecule has 8 nitrogen and oxygen atoms in total. The third kappa shape index (κ3) is 3.96. The van der Waals surface area contributed by atoms with E-state index in [0.29, 0.717) is 32.6 Å². The highest BCUT2D eigenvalue weighted by atomic mass is 32.2. The van der Waals surface area contributed by atoms with Gasteiger partial charge in [0.05, 0.1) is 6.67 Å². The van der Waals surface area contributed by atoms with Crippen LogP contribution in [0.4, 0.5) is 4.79 Å². The molecule has 2 aromatic carbocycles. The van der Waals surface area contributed by atoms with Crippen LogP contribution in [-0.2, 0) is 26.8 Å². The number of hydrogen-bond acceptors (Lipinski definition) is 5. The number of benzene rings is 2. The summed E-state index contributed by atoms with van der Waals surface area (Å²) >= 11 is 0. The molecule has 9 heteroatoms. The zero-order valence-corrected chi connectivity index (χ0v) is 19.0. The molecule has 33 heavy (non-hydrogen) atoms. The topological polar surface area (TPSA) is 90.0 Å². The number of nitrogens with zero attached hydrogens (tertiary/aromatic N) is 3. The molecule has 0 radical (unpaired) electrons. The summed E-state index contributed by atoms with van der Waals surface area (Å²) in [6, 6.07) is 16.6. The number of piperazine rings is 1. The van der Waals surface area contributed by atoms with E-state index in [1.807, 2.05) is 59.5 Å². The van der Waals surface area contributed by atoms with Crippen molar-refractivity contribution in [2.24, 2.45) is 0 Å². The molecule has 0 saturated carbocycles. The summed E-state index contributed by atoms with van der Waals surface area (Å²) in [5.41, 5.74) is 1.82. The molecular formula is C24H26N4O4S. The lowest BCUT2D eigenvalue weighted by Crippen LogP contribution is -2.52. The third-order valence-corrected chi connectivity index (χ3v) is 8.25. The maximum Gasteiger partial charge on any atom is 0.326 e. The number of hydrogen-bond donors (Lipinski definition) is 1. The number of urea groups is 1. The van der Waals surface area contributed by atoms with Crippen LogP contribution in [0.15, 0.2) is 60.0 Å². The van der Waals surface area contributed by atoms with Gasteiger partial charge in [-0.05, 0) is 35.6 Å². The fourth-order valence-corrected chi connectivity index (χ4v) is 6.03. The maximum atomic E-state index is 13.3. The molecule has 1 aliphatic carbocycles.